The molecule has 7 heteroatoms. The molecule has 0 spiro atoms. The Morgan fingerprint density at radius 2 is 2.09 bits per heavy atom. The molecule has 0 aromatic heterocycles. The first-order chi connectivity index (χ1) is 10.7. The van der Waals surface area contributed by atoms with Gasteiger partial charge in [0.25, 0.3) is 5.91 Å². The van der Waals surface area contributed by atoms with Crippen molar-refractivity contribution < 1.29 is 14.3 Å². The fraction of sp³-hybridized carbons (Fsp3) is 0.562. The Kier molecular flexibility index (Phi) is 8.52. The highest BCUT2D eigenvalue weighted by atomic mass is 35.5. The van der Waals surface area contributed by atoms with Crippen LogP contribution in [0.2, 0.25) is 5.02 Å². The number of benzene rings is 1. The number of carbonyl (C=O) groups is 1. The van der Waals surface area contributed by atoms with Crippen molar-refractivity contribution in [3.8, 4) is 11.5 Å². The fourth-order valence-electron chi connectivity index (χ4n) is 2.14. The van der Waals surface area contributed by atoms with E-state index >= 15 is 0 Å². The number of hydrogen-bond acceptors (Lipinski definition) is 4. The quantitative estimate of drug-likeness (QED) is 0.746. The number of carbonyl (C=O) groups excluding carboxylic acids is 1. The van der Waals surface area contributed by atoms with Crippen molar-refractivity contribution in [2.24, 2.45) is 5.92 Å². The molecule has 2 N–H and O–H groups in total. The largest absolute Gasteiger partial charge is 0.490 e. The third kappa shape index (κ3) is 5.44. The molecular formula is C16H24Cl2N2O3. The van der Waals surface area contributed by atoms with Gasteiger partial charge >= 0.3 is 0 Å². The van der Waals surface area contributed by atoms with Crippen molar-refractivity contribution in [1.82, 2.24) is 10.6 Å². The van der Waals surface area contributed by atoms with E-state index in [0.717, 1.165) is 19.5 Å². The van der Waals surface area contributed by atoms with Crippen LogP contribution in [0.25, 0.3) is 0 Å². The van der Waals surface area contributed by atoms with E-state index in [1.807, 2.05) is 13.8 Å². The minimum absolute atomic E-state index is 0. The summed E-state index contributed by atoms with van der Waals surface area (Å²) < 4.78 is 11.2. The van der Waals surface area contributed by atoms with Crippen LogP contribution in [0.4, 0.5) is 0 Å². The van der Waals surface area contributed by atoms with Crippen molar-refractivity contribution in [2.45, 2.75) is 20.3 Å². The van der Waals surface area contributed by atoms with Gasteiger partial charge in [-0.25, -0.2) is 0 Å². The van der Waals surface area contributed by atoms with Crippen LogP contribution >= 0.6 is 24.0 Å². The number of nitrogens with one attached hydrogen (secondary N) is 2. The summed E-state index contributed by atoms with van der Waals surface area (Å²) in [7, 11) is 0. The van der Waals surface area contributed by atoms with E-state index in [-0.39, 0.29) is 18.3 Å². The standard InChI is InChI=1S/C16H23ClN2O3.ClH/c1-3-5-22-15-13(17)6-12(7-14(15)21-4-2)16(20)19-10-11-8-18-9-11;/h6-7,11,18H,3-5,8-10H2,1-2H3,(H,19,20);1H. The zero-order valence-electron chi connectivity index (χ0n) is 13.5. The van der Waals surface area contributed by atoms with E-state index in [9.17, 15) is 4.79 Å². The first-order valence-electron chi connectivity index (χ1n) is 7.73. The van der Waals surface area contributed by atoms with E-state index in [0.29, 0.717) is 47.8 Å². The minimum Gasteiger partial charge on any atom is -0.490 e. The van der Waals surface area contributed by atoms with Gasteiger partial charge in [-0.1, -0.05) is 18.5 Å². The molecule has 1 heterocycles. The number of halogens is 2. The molecule has 2 rings (SSSR count). The lowest BCUT2D eigenvalue weighted by Gasteiger charge is -2.27. The average molecular weight is 363 g/mol. The van der Waals surface area contributed by atoms with Crippen molar-refractivity contribution in [3.05, 3.63) is 22.7 Å². The smallest absolute Gasteiger partial charge is 0.251 e. The van der Waals surface area contributed by atoms with Gasteiger partial charge in [-0.2, -0.15) is 0 Å². The maximum absolute atomic E-state index is 12.2. The summed E-state index contributed by atoms with van der Waals surface area (Å²) >= 11 is 6.26. The Balaban J connectivity index is 0.00000264. The van der Waals surface area contributed by atoms with Gasteiger partial charge < -0.3 is 20.1 Å². The molecule has 0 aliphatic carbocycles. The molecule has 1 saturated heterocycles. The number of rotatable bonds is 8. The van der Waals surface area contributed by atoms with Crippen LogP contribution in [0.5, 0.6) is 11.5 Å². The summed E-state index contributed by atoms with van der Waals surface area (Å²) in [5.41, 5.74) is 0.490. The first-order valence-corrected chi connectivity index (χ1v) is 8.11. The van der Waals surface area contributed by atoms with Gasteiger partial charge in [0.15, 0.2) is 11.5 Å². The van der Waals surface area contributed by atoms with Crippen molar-refractivity contribution >= 4 is 29.9 Å². The normalized spacial score (nSPS) is 13.7. The van der Waals surface area contributed by atoms with Crippen LogP contribution in [-0.2, 0) is 0 Å². The van der Waals surface area contributed by atoms with Crippen LogP contribution in [0.1, 0.15) is 30.6 Å². The molecule has 130 valence electrons. The molecule has 1 aromatic rings. The second kappa shape index (κ2) is 9.85. The summed E-state index contributed by atoms with van der Waals surface area (Å²) in [6, 6.07) is 3.32. The van der Waals surface area contributed by atoms with Gasteiger partial charge in [-0.05, 0) is 25.5 Å². The van der Waals surface area contributed by atoms with Gasteiger partial charge in [0.05, 0.1) is 18.2 Å². The predicted molar refractivity (Wildman–Crippen MR) is 94.3 cm³/mol. The Labute approximate surface area is 148 Å². The third-order valence-electron chi connectivity index (χ3n) is 3.44. The Morgan fingerprint density at radius 1 is 1.35 bits per heavy atom. The molecule has 1 fully saturated rings. The van der Waals surface area contributed by atoms with Crippen LogP contribution < -0.4 is 20.1 Å². The van der Waals surface area contributed by atoms with Gasteiger partial charge in [0.1, 0.15) is 0 Å². The average Bonchev–Trinajstić information content (AvgIpc) is 2.44. The zero-order valence-corrected chi connectivity index (χ0v) is 15.1. The summed E-state index contributed by atoms with van der Waals surface area (Å²) in [6.07, 6.45) is 0.875. The van der Waals surface area contributed by atoms with E-state index < -0.39 is 0 Å². The van der Waals surface area contributed by atoms with Crippen LogP contribution in [-0.4, -0.2) is 38.8 Å². The lowest BCUT2D eigenvalue weighted by Crippen LogP contribution is -2.48. The monoisotopic (exact) mass is 362 g/mol. The SMILES string of the molecule is CCCOc1c(Cl)cc(C(=O)NCC2CNC2)cc1OCC.Cl. The highest BCUT2D eigenvalue weighted by Crippen LogP contribution is 2.36. The van der Waals surface area contributed by atoms with Crippen molar-refractivity contribution in [2.75, 3.05) is 32.8 Å². The molecule has 0 saturated carbocycles. The van der Waals surface area contributed by atoms with E-state index in [2.05, 4.69) is 10.6 Å². The van der Waals surface area contributed by atoms with Crippen molar-refractivity contribution in [3.63, 3.8) is 0 Å². The minimum atomic E-state index is -0.142. The number of ether oxygens (including phenoxy) is 2. The lowest BCUT2D eigenvalue weighted by atomic mass is 10.0. The van der Waals surface area contributed by atoms with Gasteiger partial charge in [0.2, 0.25) is 0 Å². The molecule has 1 aliphatic heterocycles. The molecule has 5 nitrogen and oxygen atoms in total. The number of amides is 1. The Morgan fingerprint density at radius 3 is 2.65 bits per heavy atom. The summed E-state index contributed by atoms with van der Waals surface area (Å²) in [6.45, 7) is 7.52. The van der Waals surface area contributed by atoms with Crippen LogP contribution in [0.15, 0.2) is 12.1 Å². The van der Waals surface area contributed by atoms with Crippen LogP contribution in [0.3, 0.4) is 0 Å². The first kappa shape index (κ1) is 19.9. The molecule has 1 aromatic carbocycles. The van der Waals surface area contributed by atoms with Gasteiger partial charge in [0, 0.05) is 31.1 Å². The second-order valence-electron chi connectivity index (χ2n) is 5.30. The highest BCUT2D eigenvalue weighted by molar-refractivity contribution is 6.32. The van der Waals surface area contributed by atoms with Gasteiger partial charge in [-0.15, -0.1) is 12.4 Å². The molecule has 0 atom stereocenters. The van der Waals surface area contributed by atoms with E-state index in [1.165, 1.54) is 0 Å². The molecule has 23 heavy (non-hydrogen) atoms. The topological polar surface area (TPSA) is 59.6 Å². The predicted octanol–water partition coefficient (Wildman–Crippen LogP) is 2.90. The lowest BCUT2D eigenvalue weighted by molar-refractivity contribution is 0.0941. The van der Waals surface area contributed by atoms with Crippen LogP contribution in [0, 0.1) is 5.92 Å². The molecule has 0 bridgehead atoms. The summed E-state index contributed by atoms with van der Waals surface area (Å²) in [5.74, 6) is 1.39. The molecule has 1 aliphatic rings. The number of hydrogen-bond donors (Lipinski definition) is 2. The highest BCUT2D eigenvalue weighted by Gasteiger charge is 2.19. The Bertz CT molecular complexity index is 522. The van der Waals surface area contributed by atoms with E-state index in [4.69, 9.17) is 21.1 Å². The zero-order chi connectivity index (χ0) is 15.9. The molecular weight excluding hydrogens is 339 g/mol. The maximum Gasteiger partial charge on any atom is 0.251 e. The second-order valence-corrected chi connectivity index (χ2v) is 5.71. The van der Waals surface area contributed by atoms with Gasteiger partial charge in [-0.3, -0.25) is 4.79 Å². The third-order valence-corrected chi connectivity index (χ3v) is 3.72. The maximum atomic E-state index is 12.2. The molecule has 0 radical (unpaired) electrons. The summed E-state index contributed by atoms with van der Waals surface area (Å²) in [4.78, 5) is 12.2. The molecule has 1 amide bonds. The summed E-state index contributed by atoms with van der Waals surface area (Å²) in [5, 5.41) is 6.50. The van der Waals surface area contributed by atoms with Crippen molar-refractivity contribution in [1.29, 1.82) is 0 Å². The molecule has 0 unspecified atom stereocenters. The van der Waals surface area contributed by atoms with E-state index in [1.54, 1.807) is 12.1 Å². The fourth-order valence-corrected chi connectivity index (χ4v) is 2.40. The Hall–Kier alpha value is -1.17.